The minimum Gasteiger partial charge on any atom is -0.491 e. The molecule has 0 amide bonds. The van der Waals surface area contributed by atoms with Gasteiger partial charge in [0.1, 0.15) is 5.75 Å². The Bertz CT molecular complexity index is 298. The lowest BCUT2D eigenvalue weighted by molar-refractivity contribution is 0.217. The largest absolute Gasteiger partial charge is 0.491 e. The second kappa shape index (κ2) is 5.76. The van der Waals surface area contributed by atoms with Crippen molar-refractivity contribution in [1.29, 1.82) is 0 Å². The molecular formula is C13H21NO. The fraction of sp³-hybridized carbons (Fsp3) is 0.538. The van der Waals surface area contributed by atoms with E-state index in [0.29, 0.717) is 6.04 Å². The van der Waals surface area contributed by atoms with Gasteiger partial charge in [-0.2, -0.15) is 0 Å². The number of rotatable bonds is 5. The van der Waals surface area contributed by atoms with Crippen molar-refractivity contribution in [2.75, 3.05) is 7.05 Å². The molecule has 0 bridgehead atoms. The molecule has 1 aromatic rings. The zero-order chi connectivity index (χ0) is 11.3. The highest BCUT2D eigenvalue weighted by Crippen LogP contribution is 2.20. The van der Waals surface area contributed by atoms with Gasteiger partial charge in [0.15, 0.2) is 0 Å². The average molecular weight is 207 g/mol. The fourth-order valence-corrected chi connectivity index (χ4v) is 1.34. The lowest BCUT2D eigenvalue weighted by atomic mass is 10.1. The minimum absolute atomic E-state index is 0.283. The van der Waals surface area contributed by atoms with Gasteiger partial charge in [-0.05, 0) is 45.0 Å². The highest BCUT2D eigenvalue weighted by molar-refractivity contribution is 5.30. The predicted octanol–water partition coefficient (Wildman–Crippen LogP) is 3.14. The summed E-state index contributed by atoms with van der Waals surface area (Å²) < 4.78 is 5.77. The Morgan fingerprint density at radius 1 is 1.33 bits per heavy atom. The van der Waals surface area contributed by atoms with E-state index in [1.165, 1.54) is 5.56 Å². The normalized spacial score (nSPS) is 14.7. The lowest BCUT2D eigenvalue weighted by Gasteiger charge is -2.15. The van der Waals surface area contributed by atoms with Gasteiger partial charge >= 0.3 is 0 Å². The van der Waals surface area contributed by atoms with Gasteiger partial charge in [0.2, 0.25) is 0 Å². The molecule has 0 aromatic heterocycles. The van der Waals surface area contributed by atoms with Crippen LogP contribution in [0.1, 0.15) is 38.8 Å². The van der Waals surface area contributed by atoms with Crippen molar-refractivity contribution in [3.05, 3.63) is 29.8 Å². The maximum atomic E-state index is 5.77. The third-order valence-corrected chi connectivity index (χ3v) is 2.70. The van der Waals surface area contributed by atoms with E-state index in [0.717, 1.165) is 12.2 Å². The van der Waals surface area contributed by atoms with Crippen LogP contribution in [0.2, 0.25) is 0 Å². The molecule has 0 aliphatic rings. The predicted molar refractivity (Wildman–Crippen MR) is 64.3 cm³/mol. The molecular weight excluding hydrogens is 186 g/mol. The zero-order valence-electron chi connectivity index (χ0n) is 10.1. The standard InChI is InChI=1S/C13H21NO/c1-5-10(2)15-13-8-6-7-12(9-13)11(3)14-4/h6-11,14H,5H2,1-4H3. The van der Waals surface area contributed by atoms with E-state index in [2.05, 4.69) is 38.2 Å². The summed E-state index contributed by atoms with van der Waals surface area (Å²) in [7, 11) is 1.97. The SMILES string of the molecule is CCC(C)Oc1cccc(C(C)NC)c1. The molecule has 0 saturated heterocycles. The molecule has 1 rings (SSSR count). The molecule has 1 N–H and O–H groups in total. The van der Waals surface area contributed by atoms with Gasteiger partial charge in [0, 0.05) is 6.04 Å². The summed E-state index contributed by atoms with van der Waals surface area (Å²) in [5.41, 5.74) is 1.26. The fourth-order valence-electron chi connectivity index (χ4n) is 1.34. The van der Waals surface area contributed by atoms with E-state index in [-0.39, 0.29) is 6.10 Å². The number of nitrogens with one attached hydrogen (secondary N) is 1. The van der Waals surface area contributed by atoms with Crippen LogP contribution in [0.3, 0.4) is 0 Å². The van der Waals surface area contributed by atoms with Gasteiger partial charge in [0.05, 0.1) is 6.10 Å². The summed E-state index contributed by atoms with van der Waals surface area (Å²) >= 11 is 0. The summed E-state index contributed by atoms with van der Waals surface area (Å²) in [5, 5.41) is 3.22. The van der Waals surface area contributed by atoms with Crippen molar-refractivity contribution >= 4 is 0 Å². The van der Waals surface area contributed by atoms with Crippen LogP contribution in [0.25, 0.3) is 0 Å². The van der Waals surface area contributed by atoms with Gasteiger partial charge in [-0.1, -0.05) is 19.1 Å². The van der Waals surface area contributed by atoms with Gasteiger partial charge in [-0.25, -0.2) is 0 Å². The van der Waals surface area contributed by atoms with Crippen molar-refractivity contribution < 1.29 is 4.74 Å². The van der Waals surface area contributed by atoms with Crippen LogP contribution in [-0.2, 0) is 0 Å². The molecule has 2 nitrogen and oxygen atoms in total. The zero-order valence-corrected chi connectivity index (χ0v) is 10.1. The second-order valence-electron chi connectivity index (χ2n) is 3.92. The van der Waals surface area contributed by atoms with Crippen LogP contribution < -0.4 is 10.1 Å². The molecule has 84 valence electrons. The molecule has 15 heavy (non-hydrogen) atoms. The molecule has 0 spiro atoms. The first kappa shape index (κ1) is 12.1. The van der Waals surface area contributed by atoms with Crippen LogP contribution in [0.4, 0.5) is 0 Å². The molecule has 0 saturated carbocycles. The summed E-state index contributed by atoms with van der Waals surface area (Å²) in [6.45, 7) is 6.36. The lowest BCUT2D eigenvalue weighted by Crippen LogP contribution is -2.13. The summed E-state index contributed by atoms with van der Waals surface area (Å²) in [6.07, 6.45) is 1.32. The average Bonchev–Trinajstić information content (AvgIpc) is 2.28. The molecule has 2 unspecified atom stereocenters. The summed E-state index contributed by atoms with van der Waals surface area (Å²) in [4.78, 5) is 0. The third kappa shape index (κ3) is 3.56. The summed E-state index contributed by atoms with van der Waals surface area (Å²) in [6, 6.07) is 8.64. The van der Waals surface area contributed by atoms with Crippen LogP contribution >= 0.6 is 0 Å². The van der Waals surface area contributed by atoms with E-state index in [9.17, 15) is 0 Å². The first-order chi connectivity index (χ1) is 7.17. The van der Waals surface area contributed by atoms with Gasteiger partial charge in [-0.15, -0.1) is 0 Å². The quantitative estimate of drug-likeness (QED) is 0.801. The van der Waals surface area contributed by atoms with E-state index >= 15 is 0 Å². The van der Waals surface area contributed by atoms with Crippen molar-refractivity contribution in [1.82, 2.24) is 5.32 Å². The van der Waals surface area contributed by atoms with E-state index in [1.54, 1.807) is 0 Å². The first-order valence-electron chi connectivity index (χ1n) is 5.61. The number of ether oxygens (including phenoxy) is 1. The van der Waals surface area contributed by atoms with Gasteiger partial charge < -0.3 is 10.1 Å². The Kier molecular flexibility index (Phi) is 4.63. The van der Waals surface area contributed by atoms with Crippen molar-refractivity contribution in [2.45, 2.75) is 39.3 Å². The number of hydrogen-bond donors (Lipinski definition) is 1. The summed E-state index contributed by atoms with van der Waals surface area (Å²) in [5.74, 6) is 0.962. The van der Waals surface area contributed by atoms with Crippen LogP contribution in [0, 0.1) is 0 Å². The highest BCUT2D eigenvalue weighted by atomic mass is 16.5. The Hall–Kier alpha value is -1.02. The van der Waals surface area contributed by atoms with E-state index in [1.807, 2.05) is 19.2 Å². The second-order valence-corrected chi connectivity index (χ2v) is 3.92. The Morgan fingerprint density at radius 2 is 2.07 bits per heavy atom. The maximum Gasteiger partial charge on any atom is 0.120 e. The molecule has 2 heteroatoms. The van der Waals surface area contributed by atoms with Gasteiger partial charge in [-0.3, -0.25) is 0 Å². The Balaban J connectivity index is 2.74. The maximum absolute atomic E-state index is 5.77. The highest BCUT2D eigenvalue weighted by Gasteiger charge is 2.05. The van der Waals surface area contributed by atoms with E-state index < -0.39 is 0 Å². The minimum atomic E-state index is 0.283. The molecule has 0 radical (unpaired) electrons. The number of hydrogen-bond acceptors (Lipinski definition) is 2. The number of benzene rings is 1. The first-order valence-corrected chi connectivity index (χ1v) is 5.61. The van der Waals surface area contributed by atoms with Crippen LogP contribution in [0.15, 0.2) is 24.3 Å². The van der Waals surface area contributed by atoms with Crippen LogP contribution in [0.5, 0.6) is 5.75 Å². The van der Waals surface area contributed by atoms with Crippen molar-refractivity contribution in [2.24, 2.45) is 0 Å². The molecule has 0 aliphatic carbocycles. The molecule has 0 fully saturated rings. The monoisotopic (exact) mass is 207 g/mol. The van der Waals surface area contributed by atoms with Gasteiger partial charge in [0.25, 0.3) is 0 Å². The van der Waals surface area contributed by atoms with Crippen LogP contribution in [-0.4, -0.2) is 13.2 Å². The van der Waals surface area contributed by atoms with Crippen molar-refractivity contribution in [3.8, 4) is 5.75 Å². The molecule has 2 atom stereocenters. The van der Waals surface area contributed by atoms with Crippen molar-refractivity contribution in [3.63, 3.8) is 0 Å². The third-order valence-electron chi connectivity index (χ3n) is 2.70. The molecule has 1 aromatic carbocycles. The molecule has 0 heterocycles. The molecule has 0 aliphatic heterocycles. The smallest absolute Gasteiger partial charge is 0.120 e. The Morgan fingerprint density at radius 3 is 2.67 bits per heavy atom. The Labute approximate surface area is 92.6 Å². The van der Waals surface area contributed by atoms with E-state index in [4.69, 9.17) is 4.74 Å². The topological polar surface area (TPSA) is 21.3 Å².